The molecule has 3 nitrogen and oxygen atoms in total. The molecule has 1 aliphatic carbocycles. The van der Waals surface area contributed by atoms with Crippen LogP contribution in [0.1, 0.15) is 40.5 Å². The molecule has 0 bridgehead atoms. The van der Waals surface area contributed by atoms with Gasteiger partial charge in [0.05, 0.1) is 12.2 Å². The standard InChI is InChI=1S/C33H51O3PSi2/c1-26(2)24-38(6,7)35-30-22-29(28(5)33(23-30)36-39(8,9)25-27(3)4)20-21-37(34,31-16-12-10-13-17-31)32-18-14-11-15-19-32/h10-20,26-27,30,33H,5,21-25H2,1-4,6-9H3/b29-20-/t30-,33-/m0/s1. The maximum Gasteiger partial charge on any atom is 0.187 e. The van der Waals surface area contributed by atoms with Gasteiger partial charge < -0.3 is 13.4 Å². The van der Waals surface area contributed by atoms with Crippen molar-refractivity contribution < 1.29 is 13.4 Å². The van der Waals surface area contributed by atoms with Crippen LogP contribution >= 0.6 is 7.14 Å². The van der Waals surface area contributed by atoms with Gasteiger partial charge in [0, 0.05) is 23.2 Å². The predicted octanol–water partition coefficient (Wildman–Crippen LogP) is 8.77. The highest BCUT2D eigenvalue weighted by molar-refractivity contribution is 7.78. The molecule has 0 heterocycles. The fourth-order valence-electron chi connectivity index (χ4n) is 6.31. The number of hydrogen-bond acceptors (Lipinski definition) is 3. The Morgan fingerprint density at radius 1 is 0.846 bits per heavy atom. The van der Waals surface area contributed by atoms with Gasteiger partial charge in [-0.25, -0.2) is 0 Å². The van der Waals surface area contributed by atoms with E-state index in [1.165, 1.54) is 0 Å². The van der Waals surface area contributed by atoms with Gasteiger partial charge in [-0.1, -0.05) is 101 Å². The smallest absolute Gasteiger partial charge is 0.187 e. The molecule has 0 saturated heterocycles. The molecule has 6 heteroatoms. The Hall–Kier alpha value is -1.50. The maximum absolute atomic E-state index is 14.7. The van der Waals surface area contributed by atoms with Gasteiger partial charge in [-0.15, -0.1) is 0 Å². The van der Waals surface area contributed by atoms with Crippen molar-refractivity contribution in [2.45, 2.75) is 91.0 Å². The van der Waals surface area contributed by atoms with Gasteiger partial charge in [0.25, 0.3) is 0 Å². The molecule has 0 amide bonds. The predicted molar refractivity (Wildman–Crippen MR) is 175 cm³/mol. The normalized spacial score (nSPS) is 20.3. The van der Waals surface area contributed by atoms with Crippen molar-refractivity contribution in [2.24, 2.45) is 11.8 Å². The van der Waals surface area contributed by atoms with Gasteiger partial charge in [0.2, 0.25) is 0 Å². The number of allylic oxidation sites excluding steroid dienone is 1. The van der Waals surface area contributed by atoms with Crippen LogP contribution in [0.5, 0.6) is 0 Å². The third-order valence-electron chi connectivity index (χ3n) is 7.41. The Balaban J connectivity index is 1.96. The van der Waals surface area contributed by atoms with Crippen LogP contribution in [0.25, 0.3) is 0 Å². The summed E-state index contributed by atoms with van der Waals surface area (Å²) >= 11 is 0. The van der Waals surface area contributed by atoms with E-state index in [0.717, 1.165) is 46.7 Å². The van der Waals surface area contributed by atoms with Crippen molar-refractivity contribution >= 4 is 34.4 Å². The second kappa shape index (κ2) is 13.4. The highest BCUT2D eigenvalue weighted by atomic mass is 31.2. The summed E-state index contributed by atoms with van der Waals surface area (Å²) in [4.78, 5) is 0. The minimum absolute atomic E-state index is 0.0490. The molecular formula is C33H51O3PSi2. The lowest BCUT2D eigenvalue weighted by atomic mass is 9.86. The second-order valence-electron chi connectivity index (χ2n) is 13.3. The number of rotatable bonds is 12. The summed E-state index contributed by atoms with van der Waals surface area (Å²) < 4.78 is 28.5. The van der Waals surface area contributed by atoms with Crippen LogP contribution in [-0.4, -0.2) is 35.0 Å². The summed E-state index contributed by atoms with van der Waals surface area (Å²) in [6.07, 6.45) is 4.38. The molecule has 1 aliphatic rings. The van der Waals surface area contributed by atoms with E-state index >= 15 is 0 Å². The molecule has 0 aromatic heterocycles. The fraction of sp³-hybridized carbons (Fsp3) is 0.515. The first-order valence-electron chi connectivity index (χ1n) is 14.6. The molecule has 1 fully saturated rings. The summed E-state index contributed by atoms with van der Waals surface area (Å²) in [5.41, 5.74) is 2.21. The van der Waals surface area contributed by atoms with Crippen LogP contribution < -0.4 is 10.6 Å². The van der Waals surface area contributed by atoms with Crippen LogP contribution in [-0.2, 0) is 13.4 Å². The van der Waals surface area contributed by atoms with Crippen LogP contribution in [0.15, 0.2) is 84.5 Å². The Bertz CT molecular complexity index is 1110. The average Bonchev–Trinajstić information content (AvgIpc) is 2.84. The van der Waals surface area contributed by atoms with E-state index < -0.39 is 23.8 Å². The third-order valence-corrected chi connectivity index (χ3v) is 15.9. The van der Waals surface area contributed by atoms with Gasteiger partial charge in [-0.05, 0) is 67.7 Å². The summed E-state index contributed by atoms with van der Waals surface area (Å²) in [6, 6.07) is 22.1. The molecule has 3 rings (SSSR count). The first-order chi connectivity index (χ1) is 18.2. The molecule has 2 aromatic rings. The summed E-state index contributed by atoms with van der Waals surface area (Å²) in [5.74, 6) is 1.22. The zero-order valence-corrected chi connectivity index (χ0v) is 28.5. The molecule has 2 atom stereocenters. The Kier molecular flexibility index (Phi) is 11.0. The third kappa shape index (κ3) is 9.26. The van der Waals surface area contributed by atoms with Gasteiger partial charge >= 0.3 is 0 Å². The molecule has 0 unspecified atom stereocenters. The van der Waals surface area contributed by atoms with Crippen molar-refractivity contribution in [1.82, 2.24) is 0 Å². The summed E-state index contributed by atoms with van der Waals surface area (Å²) in [7, 11) is -6.59. The highest BCUT2D eigenvalue weighted by Crippen LogP contribution is 2.45. The summed E-state index contributed by atoms with van der Waals surface area (Å²) in [6.45, 7) is 23.0. The van der Waals surface area contributed by atoms with E-state index in [9.17, 15) is 4.57 Å². The lowest BCUT2D eigenvalue weighted by Gasteiger charge is -2.41. The fourth-order valence-corrected chi connectivity index (χ4v) is 15.0. The quantitative estimate of drug-likeness (QED) is 0.185. The van der Waals surface area contributed by atoms with Crippen LogP contribution in [0.3, 0.4) is 0 Å². The zero-order valence-electron chi connectivity index (χ0n) is 25.6. The number of benzene rings is 2. The maximum atomic E-state index is 14.7. The molecule has 0 spiro atoms. The van der Waals surface area contributed by atoms with Crippen LogP contribution in [0, 0.1) is 11.8 Å². The minimum Gasteiger partial charge on any atom is -0.414 e. The summed E-state index contributed by atoms with van der Waals surface area (Å²) in [5, 5.41) is 1.79. The van der Waals surface area contributed by atoms with Crippen molar-refractivity contribution in [3.05, 3.63) is 84.5 Å². The zero-order chi connectivity index (χ0) is 28.8. The Labute approximate surface area is 240 Å². The van der Waals surface area contributed by atoms with Crippen LogP contribution in [0.2, 0.25) is 38.3 Å². The Morgan fingerprint density at radius 2 is 1.31 bits per heavy atom. The molecule has 0 N–H and O–H groups in total. The molecule has 0 radical (unpaired) electrons. The van der Waals surface area contributed by atoms with Crippen molar-refractivity contribution in [3.8, 4) is 0 Å². The lowest BCUT2D eigenvalue weighted by Crippen LogP contribution is -2.44. The van der Waals surface area contributed by atoms with Gasteiger partial charge in [0.15, 0.2) is 16.6 Å². The van der Waals surface area contributed by atoms with E-state index in [-0.39, 0.29) is 12.2 Å². The first kappa shape index (κ1) is 32.0. The average molecular weight is 583 g/mol. The van der Waals surface area contributed by atoms with E-state index in [0.29, 0.717) is 18.0 Å². The van der Waals surface area contributed by atoms with E-state index in [1.807, 2.05) is 60.7 Å². The molecule has 1 saturated carbocycles. The molecule has 39 heavy (non-hydrogen) atoms. The highest BCUT2D eigenvalue weighted by Gasteiger charge is 2.38. The first-order valence-corrected chi connectivity index (χ1v) is 22.8. The lowest BCUT2D eigenvalue weighted by molar-refractivity contribution is 0.103. The van der Waals surface area contributed by atoms with Gasteiger partial charge in [-0.3, -0.25) is 0 Å². The van der Waals surface area contributed by atoms with Gasteiger partial charge in [-0.2, -0.15) is 0 Å². The monoisotopic (exact) mass is 582 g/mol. The van der Waals surface area contributed by atoms with Gasteiger partial charge in [0.1, 0.15) is 7.14 Å². The Morgan fingerprint density at radius 3 is 1.77 bits per heavy atom. The number of hydrogen-bond donors (Lipinski definition) is 0. The molecule has 214 valence electrons. The van der Waals surface area contributed by atoms with E-state index in [1.54, 1.807) is 0 Å². The largest absolute Gasteiger partial charge is 0.414 e. The molecule has 0 aliphatic heterocycles. The van der Waals surface area contributed by atoms with Crippen molar-refractivity contribution in [1.29, 1.82) is 0 Å². The van der Waals surface area contributed by atoms with Crippen LogP contribution in [0.4, 0.5) is 0 Å². The second-order valence-corrected chi connectivity index (χ2v) is 24.6. The SMILES string of the molecule is C=C1/C(=C\CP(=O)(c2ccccc2)c2ccccc2)C[C@H](O[Si](C)(C)CC(C)C)C[C@@H]1O[Si](C)(C)CC(C)C. The van der Waals surface area contributed by atoms with Crippen molar-refractivity contribution in [2.75, 3.05) is 6.16 Å². The topological polar surface area (TPSA) is 35.5 Å². The van der Waals surface area contributed by atoms with Crippen molar-refractivity contribution in [3.63, 3.8) is 0 Å². The van der Waals surface area contributed by atoms with E-state index in [2.05, 4.69) is 66.5 Å². The molecular weight excluding hydrogens is 532 g/mol. The van der Waals surface area contributed by atoms with E-state index in [4.69, 9.17) is 8.85 Å². The molecule has 2 aromatic carbocycles. The minimum atomic E-state index is -2.86.